The highest BCUT2D eigenvalue weighted by molar-refractivity contribution is 7.98. The van der Waals surface area contributed by atoms with Gasteiger partial charge in [-0.15, -0.1) is 0 Å². The molecule has 0 radical (unpaired) electrons. The van der Waals surface area contributed by atoms with Gasteiger partial charge in [-0.2, -0.15) is 11.8 Å². The van der Waals surface area contributed by atoms with E-state index in [1.165, 1.54) is 11.8 Å². The van der Waals surface area contributed by atoms with Crippen molar-refractivity contribution in [3.63, 3.8) is 0 Å². The lowest BCUT2D eigenvalue weighted by molar-refractivity contribution is -0.147. The standard InChI is InChI=1S/C22H39N5O8S/c1-6-12(4)18(26-15(28)10-23)21(33)27-17(11(2)3)20(32)24-13(7-8-36-5)19(31)25-14(22(34)35)9-16(29)30/h11-14,17-18H,6-10,23H2,1-5H3,(H,24,32)(H,25,31)(H,26,28)(H,27,33)(H,29,30)(H,34,35)/t12-,13-,14-,17-,18-/m0/s1. The molecule has 36 heavy (non-hydrogen) atoms. The number of nitrogens with one attached hydrogen (secondary N) is 4. The summed E-state index contributed by atoms with van der Waals surface area (Å²) < 4.78 is 0. The van der Waals surface area contributed by atoms with Crippen molar-refractivity contribution in [3.05, 3.63) is 0 Å². The summed E-state index contributed by atoms with van der Waals surface area (Å²) >= 11 is 1.39. The molecule has 0 aromatic rings. The van der Waals surface area contributed by atoms with E-state index in [0.717, 1.165) is 0 Å². The Labute approximate surface area is 215 Å². The van der Waals surface area contributed by atoms with Crippen molar-refractivity contribution < 1.29 is 39.0 Å². The van der Waals surface area contributed by atoms with Crippen LogP contribution in [0.2, 0.25) is 0 Å². The molecule has 8 N–H and O–H groups in total. The molecule has 0 aromatic carbocycles. The van der Waals surface area contributed by atoms with E-state index in [4.69, 9.17) is 10.8 Å². The summed E-state index contributed by atoms with van der Waals surface area (Å²) in [5, 5.41) is 28.0. The number of carbonyl (C=O) groups is 6. The molecule has 5 atom stereocenters. The van der Waals surface area contributed by atoms with Crippen LogP contribution in [0.5, 0.6) is 0 Å². The van der Waals surface area contributed by atoms with E-state index in [0.29, 0.717) is 12.2 Å². The third-order valence-corrected chi connectivity index (χ3v) is 6.13. The van der Waals surface area contributed by atoms with Gasteiger partial charge in [0.25, 0.3) is 0 Å². The van der Waals surface area contributed by atoms with Crippen LogP contribution in [0, 0.1) is 11.8 Å². The Bertz CT molecular complexity index is 794. The highest BCUT2D eigenvalue weighted by Gasteiger charge is 2.34. The lowest BCUT2D eigenvalue weighted by Gasteiger charge is -2.29. The lowest BCUT2D eigenvalue weighted by atomic mass is 9.96. The van der Waals surface area contributed by atoms with Gasteiger partial charge in [0.05, 0.1) is 13.0 Å². The average molecular weight is 534 g/mol. The second-order valence-corrected chi connectivity index (χ2v) is 9.69. The van der Waals surface area contributed by atoms with Gasteiger partial charge in [0.1, 0.15) is 24.2 Å². The number of nitrogens with two attached hydrogens (primary N) is 1. The van der Waals surface area contributed by atoms with Gasteiger partial charge in [-0.05, 0) is 30.3 Å². The number of amides is 4. The van der Waals surface area contributed by atoms with Gasteiger partial charge in [-0.3, -0.25) is 24.0 Å². The van der Waals surface area contributed by atoms with Crippen molar-refractivity contribution in [2.24, 2.45) is 17.6 Å². The number of aliphatic carboxylic acids is 2. The predicted octanol–water partition coefficient (Wildman–Crippen LogP) is -1.10. The minimum Gasteiger partial charge on any atom is -0.481 e. The van der Waals surface area contributed by atoms with Crippen LogP contribution in [-0.2, 0) is 28.8 Å². The van der Waals surface area contributed by atoms with Crippen LogP contribution >= 0.6 is 11.8 Å². The maximum absolute atomic E-state index is 13.1. The van der Waals surface area contributed by atoms with Gasteiger partial charge in [-0.25, -0.2) is 4.79 Å². The average Bonchev–Trinajstić information content (AvgIpc) is 2.81. The summed E-state index contributed by atoms with van der Waals surface area (Å²) in [4.78, 5) is 72.9. The van der Waals surface area contributed by atoms with Crippen LogP contribution in [0.15, 0.2) is 0 Å². The molecule has 0 fully saturated rings. The molecule has 0 aromatic heterocycles. The SMILES string of the molecule is CC[C@H](C)[C@H](NC(=O)CN)C(=O)N[C@H](C(=O)N[C@@H](CCSC)C(=O)N[C@@H](CC(=O)O)C(=O)O)C(C)C. The molecular formula is C22H39N5O8S. The molecule has 0 rings (SSSR count). The van der Waals surface area contributed by atoms with E-state index in [1.54, 1.807) is 27.0 Å². The number of rotatable bonds is 17. The Morgan fingerprint density at radius 3 is 1.83 bits per heavy atom. The maximum Gasteiger partial charge on any atom is 0.326 e. The molecule has 4 amide bonds. The highest BCUT2D eigenvalue weighted by Crippen LogP contribution is 2.11. The second-order valence-electron chi connectivity index (χ2n) is 8.71. The number of thioether (sulfide) groups is 1. The molecule has 0 aliphatic carbocycles. The van der Waals surface area contributed by atoms with Crippen molar-refractivity contribution in [1.82, 2.24) is 21.3 Å². The van der Waals surface area contributed by atoms with Gasteiger partial charge >= 0.3 is 11.9 Å². The van der Waals surface area contributed by atoms with E-state index in [1.807, 2.05) is 6.92 Å². The first-order chi connectivity index (χ1) is 16.8. The van der Waals surface area contributed by atoms with Gasteiger partial charge in [0.15, 0.2) is 0 Å². The summed E-state index contributed by atoms with van der Waals surface area (Å²) in [6.45, 7) is 6.68. The normalized spacial score (nSPS) is 15.1. The molecule has 14 heteroatoms. The molecule has 0 aliphatic rings. The van der Waals surface area contributed by atoms with Crippen molar-refractivity contribution in [2.75, 3.05) is 18.6 Å². The van der Waals surface area contributed by atoms with E-state index in [-0.39, 0.29) is 18.9 Å². The Morgan fingerprint density at radius 1 is 0.833 bits per heavy atom. The third kappa shape index (κ3) is 11.7. The zero-order chi connectivity index (χ0) is 28.0. The Balaban J connectivity index is 5.67. The third-order valence-electron chi connectivity index (χ3n) is 5.48. The second kappa shape index (κ2) is 16.7. The smallest absolute Gasteiger partial charge is 0.326 e. The quantitative estimate of drug-likeness (QED) is 0.120. The van der Waals surface area contributed by atoms with Gasteiger partial charge in [-0.1, -0.05) is 34.1 Å². The first-order valence-corrected chi connectivity index (χ1v) is 13.0. The molecular weight excluding hydrogens is 494 g/mol. The number of carbonyl (C=O) groups excluding carboxylic acids is 4. The molecule has 0 heterocycles. The zero-order valence-electron chi connectivity index (χ0n) is 21.3. The Hall–Kier alpha value is -2.87. The van der Waals surface area contributed by atoms with Gasteiger partial charge < -0.3 is 37.2 Å². The van der Waals surface area contributed by atoms with Crippen molar-refractivity contribution >= 4 is 47.3 Å². The van der Waals surface area contributed by atoms with Crippen molar-refractivity contribution in [1.29, 1.82) is 0 Å². The van der Waals surface area contributed by atoms with Gasteiger partial charge in [0.2, 0.25) is 23.6 Å². The maximum atomic E-state index is 13.1. The number of hydrogen-bond acceptors (Lipinski definition) is 8. The molecule has 13 nitrogen and oxygen atoms in total. The van der Waals surface area contributed by atoms with Crippen LogP contribution in [0.25, 0.3) is 0 Å². The zero-order valence-corrected chi connectivity index (χ0v) is 22.1. The summed E-state index contributed by atoms with van der Waals surface area (Å²) in [5.74, 6) is -5.80. The molecule has 0 aliphatic heterocycles. The number of hydrogen-bond donors (Lipinski definition) is 7. The summed E-state index contributed by atoms with van der Waals surface area (Å²) in [5.41, 5.74) is 5.35. The summed E-state index contributed by atoms with van der Waals surface area (Å²) in [6, 6.07) is -4.84. The van der Waals surface area contributed by atoms with E-state index in [2.05, 4.69) is 21.3 Å². The highest BCUT2D eigenvalue weighted by atomic mass is 32.2. The van der Waals surface area contributed by atoms with Crippen LogP contribution in [0.1, 0.15) is 47.0 Å². The van der Waals surface area contributed by atoms with E-state index in [9.17, 15) is 33.9 Å². The van der Waals surface area contributed by atoms with Crippen molar-refractivity contribution in [3.8, 4) is 0 Å². The Morgan fingerprint density at radius 2 is 1.39 bits per heavy atom. The molecule has 0 spiro atoms. The topological polar surface area (TPSA) is 217 Å². The molecule has 0 saturated heterocycles. The Kier molecular flexibility index (Phi) is 15.4. The van der Waals surface area contributed by atoms with Crippen molar-refractivity contribution in [2.45, 2.75) is 71.1 Å². The van der Waals surface area contributed by atoms with E-state index < -0.39 is 72.1 Å². The minimum atomic E-state index is -1.67. The number of carboxylic acids is 2. The van der Waals surface area contributed by atoms with Crippen LogP contribution in [0.4, 0.5) is 0 Å². The molecule has 0 unspecified atom stereocenters. The summed E-state index contributed by atoms with van der Waals surface area (Å²) in [6.07, 6.45) is 1.65. The molecule has 0 bridgehead atoms. The predicted molar refractivity (Wildman–Crippen MR) is 134 cm³/mol. The van der Waals surface area contributed by atoms with Crippen LogP contribution in [0.3, 0.4) is 0 Å². The fourth-order valence-corrected chi connectivity index (χ4v) is 3.60. The van der Waals surface area contributed by atoms with Crippen LogP contribution in [-0.4, -0.2) is 88.5 Å². The molecule has 0 saturated carbocycles. The fourth-order valence-electron chi connectivity index (χ4n) is 3.13. The minimum absolute atomic E-state index is 0.138. The monoisotopic (exact) mass is 533 g/mol. The largest absolute Gasteiger partial charge is 0.481 e. The van der Waals surface area contributed by atoms with Gasteiger partial charge in [0, 0.05) is 0 Å². The van der Waals surface area contributed by atoms with Crippen LogP contribution < -0.4 is 27.0 Å². The number of carboxylic acid groups (broad SMARTS) is 2. The molecule has 206 valence electrons. The lowest BCUT2D eigenvalue weighted by Crippen LogP contribution is -2.60. The first-order valence-electron chi connectivity index (χ1n) is 11.6. The van der Waals surface area contributed by atoms with E-state index >= 15 is 0 Å². The summed E-state index contributed by atoms with van der Waals surface area (Å²) in [7, 11) is 0. The fraction of sp³-hybridized carbons (Fsp3) is 0.727. The first kappa shape index (κ1) is 33.1.